The van der Waals surface area contributed by atoms with Crippen LogP contribution >= 0.6 is 11.8 Å². The second-order valence-electron chi connectivity index (χ2n) is 4.19. The van der Waals surface area contributed by atoms with Crippen molar-refractivity contribution in [2.45, 2.75) is 25.5 Å². The van der Waals surface area contributed by atoms with Gasteiger partial charge in [0.25, 0.3) is 0 Å². The highest BCUT2D eigenvalue weighted by Crippen LogP contribution is 2.14. The second kappa shape index (κ2) is 9.67. The lowest BCUT2D eigenvalue weighted by atomic mass is 10.2. The molecule has 0 heterocycles. The number of benzene rings is 1. The quantitative estimate of drug-likeness (QED) is 0.438. The summed E-state index contributed by atoms with van der Waals surface area (Å²) in [6, 6.07) is 6.87. The molecule has 0 radical (unpaired) electrons. The number of aliphatic imine (C=N–C) groups is 1. The van der Waals surface area contributed by atoms with Crippen LogP contribution in [0.3, 0.4) is 0 Å². The molecular weight excluding hydrogens is 261 g/mol. The highest BCUT2D eigenvalue weighted by molar-refractivity contribution is 7.98. The Morgan fingerprint density at radius 3 is 2.95 bits per heavy atom. The van der Waals surface area contributed by atoms with Gasteiger partial charge >= 0.3 is 0 Å². The fourth-order valence-corrected chi connectivity index (χ4v) is 2.31. The fraction of sp³-hybridized carbons (Fsp3) is 0.500. The molecule has 0 saturated carbocycles. The van der Waals surface area contributed by atoms with Crippen LogP contribution in [0.25, 0.3) is 0 Å². The number of nitrogens with one attached hydrogen (secondary N) is 1. The number of thioether (sulfide) groups is 1. The molecule has 0 spiro atoms. The van der Waals surface area contributed by atoms with Crippen LogP contribution in [-0.4, -0.2) is 24.8 Å². The molecule has 1 rings (SSSR count). The number of unbranched alkanes of at least 4 members (excludes halogenated alkanes) is 1. The van der Waals surface area contributed by atoms with E-state index in [4.69, 9.17) is 5.73 Å². The predicted molar refractivity (Wildman–Crippen MR) is 82.0 cm³/mol. The van der Waals surface area contributed by atoms with Crippen LogP contribution in [0.1, 0.15) is 25.3 Å². The Kier molecular flexibility index (Phi) is 8.05. The van der Waals surface area contributed by atoms with Gasteiger partial charge in [-0.1, -0.05) is 31.5 Å². The number of guanidine groups is 1. The molecule has 1 aromatic rings. The molecule has 0 fully saturated rings. The van der Waals surface area contributed by atoms with Crippen molar-refractivity contribution in [3.63, 3.8) is 0 Å². The molecule has 0 amide bonds. The lowest BCUT2D eigenvalue weighted by Crippen LogP contribution is -2.33. The number of rotatable bonds is 8. The first-order chi connectivity index (χ1) is 9.24. The van der Waals surface area contributed by atoms with Crippen molar-refractivity contribution in [3.8, 4) is 0 Å². The van der Waals surface area contributed by atoms with Gasteiger partial charge in [-0.05, 0) is 18.1 Å². The number of nitrogens with two attached hydrogens (primary N) is 1. The van der Waals surface area contributed by atoms with Gasteiger partial charge in [-0.3, -0.25) is 4.99 Å². The summed E-state index contributed by atoms with van der Waals surface area (Å²) >= 11 is 1.68. The molecule has 0 atom stereocenters. The SMILES string of the molecule is CCCCN=C(N)NCCSCc1ccccc1F. The maximum atomic E-state index is 13.3. The van der Waals surface area contributed by atoms with Gasteiger partial charge in [0.05, 0.1) is 0 Å². The van der Waals surface area contributed by atoms with Crippen LogP contribution in [0.4, 0.5) is 4.39 Å². The Hall–Kier alpha value is -1.23. The molecule has 0 aliphatic carbocycles. The normalized spacial score (nSPS) is 11.6. The molecule has 106 valence electrons. The van der Waals surface area contributed by atoms with Gasteiger partial charge in [-0.15, -0.1) is 0 Å². The van der Waals surface area contributed by atoms with E-state index in [0.717, 1.165) is 37.2 Å². The summed E-state index contributed by atoms with van der Waals surface area (Å²) in [4.78, 5) is 4.20. The maximum absolute atomic E-state index is 13.3. The van der Waals surface area contributed by atoms with Gasteiger partial charge in [0.2, 0.25) is 0 Å². The van der Waals surface area contributed by atoms with E-state index in [1.54, 1.807) is 17.8 Å². The zero-order valence-electron chi connectivity index (χ0n) is 11.4. The number of halogens is 1. The fourth-order valence-electron chi connectivity index (χ4n) is 1.46. The second-order valence-corrected chi connectivity index (χ2v) is 5.30. The lowest BCUT2D eigenvalue weighted by Gasteiger charge is -2.06. The minimum absolute atomic E-state index is 0.136. The Labute approximate surface area is 118 Å². The first-order valence-corrected chi connectivity index (χ1v) is 7.74. The largest absolute Gasteiger partial charge is 0.370 e. The van der Waals surface area contributed by atoms with Gasteiger partial charge in [-0.2, -0.15) is 11.8 Å². The van der Waals surface area contributed by atoms with Crippen LogP contribution in [-0.2, 0) is 5.75 Å². The minimum Gasteiger partial charge on any atom is -0.370 e. The number of nitrogens with zero attached hydrogens (tertiary/aromatic N) is 1. The van der Waals surface area contributed by atoms with E-state index >= 15 is 0 Å². The molecule has 0 aromatic heterocycles. The average Bonchev–Trinajstić information content (AvgIpc) is 2.41. The van der Waals surface area contributed by atoms with Gasteiger partial charge < -0.3 is 11.1 Å². The van der Waals surface area contributed by atoms with Crippen molar-refractivity contribution in [2.75, 3.05) is 18.8 Å². The van der Waals surface area contributed by atoms with Crippen LogP contribution in [0.15, 0.2) is 29.3 Å². The van der Waals surface area contributed by atoms with Gasteiger partial charge in [0.15, 0.2) is 5.96 Å². The number of hydrogen-bond acceptors (Lipinski definition) is 2. The summed E-state index contributed by atoms with van der Waals surface area (Å²) in [7, 11) is 0. The van der Waals surface area contributed by atoms with Crippen LogP contribution in [0.2, 0.25) is 0 Å². The summed E-state index contributed by atoms with van der Waals surface area (Å²) < 4.78 is 13.3. The average molecular weight is 283 g/mol. The highest BCUT2D eigenvalue weighted by atomic mass is 32.2. The molecular formula is C14H22FN3S. The third-order valence-corrected chi connectivity index (χ3v) is 3.57. The predicted octanol–water partition coefficient (Wildman–Crippen LogP) is 2.76. The number of hydrogen-bond donors (Lipinski definition) is 2. The monoisotopic (exact) mass is 283 g/mol. The van der Waals surface area contributed by atoms with Crippen LogP contribution in [0, 0.1) is 5.82 Å². The Morgan fingerprint density at radius 2 is 2.21 bits per heavy atom. The molecule has 0 unspecified atom stereocenters. The zero-order valence-corrected chi connectivity index (χ0v) is 12.2. The van der Waals surface area contributed by atoms with Crippen molar-refractivity contribution in [1.82, 2.24) is 5.32 Å². The maximum Gasteiger partial charge on any atom is 0.188 e. The van der Waals surface area contributed by atoms with E-state index in [0.29, 0.717) is 11.7 Å². The van der Waals surface area contributed by atoms with E-state index in [-0.39, 0.29) is 5.82 Å². The molecule has 0 aliphatic heterocycles. The molecule has 1 aromatic carbocycles. The van der Waals surface area contributed by atoms with E-state index < -0.39 is 0 Å². The molecule has 0 aliphatic rings. The molecule has 5 heteroatoms. The van der Waals surface area contributed by atoms with Crippen LogP contribution in [0.5, 0.6) is 0 Å². The van der Waals surface area contributed by atoms with Gasteiger partial charge in [-0.25, -0.2) is 4.39 Å². The summed E-state index contributed by atoms with van der Waals surface area (Å²) in [5.74, 6) is 1.92. The van der Waals surface area contributed by atoms with Crippen LogP contribution < -0.4 is 11.1 Å². The van der Waals surface area contributed by atoms with Gasteiger partial charge in [0, 0.05) is 24.6 Å². The van der Waals surface area contributed by atoms with E-state index in [1.165, 1.54) is 6.07 Å². The minimum atomic E-state index is -0.136. The summed E-state index contributed by atoms with van der Waals surface area (Å²) in [5, 5.41) is 3.06. The van der Waals surface area contributed by atoms with Crippen molar-refractivity contribution in [3.05, 3.63) is 35.6 Å². The first kappa shape index (κ1) is 15.8. The van der Waals surface area contributed by atoms with E-state index in [9.17, 15) is 4.39 Å². The summed E-state index contributed by atoms with van der Waals surface area (Å²) in [5.41, 5.74) is 6.45. The van der Waals surface area contributed by atoms with E-state index in [1.807, 2.05) is 12.1 Å². The molecule has 0 saturated heterocycles. The molecule has 3 N–H and O–H groups in total. The standard InChI is InChI=1S/C14H22FN3S/c1-2-3-8-17-14(16)18-9-10-19-11-12-6-4-5-7-13(12)15/h4-7H,2-3,8-11H2,1H3,(H3,16,17,18). The first-order valence-electron chi connectivity index (χ1n) is 6.59. The van der Waals surface area contributed by atoms with E-state index in [2.05, 4.69) is 17.2 Å². The molecule has 3 nitrogen and oxygen atoms in total. The molecule has 19 heavy (non-hydrogen) atoms. The van der Waals surface area contributed by atoms with Crippen molar-refractivity contribution in [2.24, 2.45) is 10.7 Å². The summed E-state index contributed by atoms with van der Waals surface area (Å²) in [6.07, 6.45) is 2.18. The smallest absolute Gasteiger partial charge is 0.188 e. The third kappa shape index (κ3) is 7.06. The van der Waals surface area contributed by atoms with Crippen molar-refractivity contribution in [1.29, 1.82) is 0 Å². The third-order valence-electron chi connectivity index (χ3n) is 2.56. The summed E-state index contributed by atoms with van der Waals surface area (Å²) in [6.45, 7) is 3.65. The lowest BCUT2D eigenvalue weighted by molar-refractivity contribution is 0.617. The molecule has 0 bridgehead atoms. The zero-order chi connectivity index (χ0) is 13.9. The Balaban J connectivity index is 2.11. The van der Waals surface area contributed by atoms with Crippen molar-refractivity contribution >= 4 is 17.7 Å². The van der Waals surface area contributed by atoms with Gasteiger partial charge in [0.1, 0.15) is 5.82 Å². The highest BCUT2D eigenvalue weighted by Gasteiger charge is 2.00. The topological polar surface area (TPSA) is 50.4 Å². The Bertz CT molecular complexity index is 396. The van der Waals surface area contributed by atoms with Crippen molar-refractivity contribution < 1.29 is 4.39 Å². The Morgan fingerprint density at radius 1 is 1.42 bits per heavy atom.